The molecule has 3 N–H and O–H groups in total. The predicted molar refractivity (Wildman–Crippen MR) is 172 cm³/mol. The molecule has 2 saturated heterocycles. The summed E-state index contributed by atoms with van der Waals surface area (Å²) in [5, 5.41) is 7.93. The van der Waals surface area contributed by atoms with Crippen molar-refractivity contribution < 1.29 is 38.3 Å². The number of anilines is 1. The summed E-state index contributed by atoms with van der Waals surface area (Å²) in [7, 11) is 0. The van der Waals surface area contributed by atoms with Gasteiger partial charge >= 0.3 is 0 Å². The SMILES string of the molecule is C.C=C1CCC(N2C(=O)c3cccc(OC(C)C)c3C2=O)C(=O)N1.CC(C)Nc1cccc2c1C(=O)N(C1CCC(=O)NC1=O)C2=O. The van der Waals surface area contributed by atoms with E-state index in [9.17, 15) is 33.6 Å². The van der Waals surface area contributed by atoms with E-state index in [0.29, 0.717) is 30.0 Å². The molecule has 6 rings (SSSR count). The van der Waals surface area contributed by atoms with Crippen molar-refractivity contribution in [2.75, 3.05) is 5.32 Å². The molecule has 0 aromatic heterocycles. The number of carbonyl (C=O) groups is 7. The van der Waals surface area contributed by atoms with Crippen LogP contribution in [0.4, 0.5) is 5.69 Å². The molecule has 2 aromatic carbocycles. The van der Waals surface area contributed by atoms with Crippen LogP contribution < -0.4 is 20.7 Å². The fourth-order valence-electron chi connectivity index (χ4n) is 5.86. The van der Waals surface area contributed by atoms with E-state index < -0.39 is 41.6 Å². The van der Waals surface area contributed by atoms with Crippen LogP contribution in [-0.4, -0.2) is 75.4 Å². The number of rotatable bonds is 6. The van der Waals surface area contributed by atoms with Gasteiger partial charge in [0.1, 0.15) is 17.8 Å². The molecule has 4 aliphatic heterocycles. The minimum absolute atomic E-state index is 0. The zero-order valence-corrected chi connectivity index (χ0v) is 26.0. The summed E-state index contributed by atoms with van der Waals surface area (Å²) in [6.07, 6.45) is 1.07. The van der Waals surface area contributed by atoms with Gasteiger partial charge in [0.05, 0.1) is 28.4 Å². The Bertz CT molecular complexity index is 1570. The first-order valence-corrected chi connectivity index (χ1v) is 15.1. The van der Waals surface area contributed by atoms with Crippen LogP contribution in [0.2, 0.25) is 0 Å². The Balaban J connectivity index is 0.000000208. The Kier molecular flexibility index (Phi) is 9.97. The molecule has 0 saturated carbocycles. The summed E-state index contributed by atoms with van der Waals surface area (Å²) in [6, 6.07) is 8.28. The molecule has 7 amide bonds. The summed E-state index contributed by atoms with van der Waals surface area (Å²) >= 11 is 0. The van der Waals surface area contributed by atoms with Crippen molar-refractivity contribution in [2.24, 2.45) is 0 Å². The lowest BCUT2D eigenvalue weighted by Crippen LogP contribution is -2.54. The number of fused-ring (bicyclic) bond motifs is 2. The Hall–Kier alpha value is -5.33. The monoisotopic (exact) mass is 645 g/mol. The van der Waals surface area contributed by atoms with Crippen LogP contribution in [0.25, 0.3) is 0 Å². The van der Waals surface area contributed by atoms with Gasteiger partial charge in [0.15, 0.2) is 0 Å². The largest absolute Gasteiger partial charge is 0.490 e. The average molecular weight is 646 g/mol. The summed E-state index contributed by atoms with van der Waals surface area (Å²) in [5.41, 5.74) is 2.27. The van der Waals surface area contributed by atoms with Gasteiger partial charge < -0.3 is 15.4 Å². The van der Waals surface area contributed by atoms with Gasteiger partial charge in [0.25, 0.3) is 23.6 Å². The standard InChI is InChI=1S/C17H18N2O4.C16H17N3O4.CH4/c1-9(2)23-13-6-4-5-11-14(13)17(22)19(16(11)21)12-8-7-10(3)18-15(12)20;1-8(2)17-10-5-3-4-9-13(10)16(23)19(15(9)22)11-6-7-12(20)18-14(11)21;/h4-6,9,12H,3,7-8H2,1-2H3,(H,18,20);3-5,8,11,17H,6-7H2,1-2H3,(H,18,20,21);1H4. The number of benzene rings is 2. The van der Waals surface area contributed by atoms with E-state index in [1.165, 1.54) is 0 Å². The molecule has 2 fully saturated rings. The number of carbonyl (C=O) groups excluding carboxylic acids is 7. The van der Waals surface area contributed by atoms with E-state index in [0.717, 1.165) is 9.80 Å². The molecule has 0 aliphatic carbocycles. The van der Waals surface area contributed by atoms with Crippen LogP contribution in [-0.2, 0) is 14.4 Å². The van der Waals surface area contributed by atoms with Crippen molar-refractivity contribution in [3.05, 3.63) is 70.9 Å². The van der Waals surface area contributed by atoms with Crippen molar-refractivity contribution >= 4 is 47.0 Å². The van der Waals surface area contributed by atoms with Crippen LogP contribution in [0.1, 0.15) is 102 Å². The van der Waals surface area contributed by atoms with Crippen LogP contribution in [0.15, 0.2) is 48.7 Å². The molecule has 4 heterocycles. The lowest BCUT2D eigenvalue weighted by molar-refractivity contribution is -0.136. The predicted octanol–water partition coefficient (Wildman–Crippen LogP) is 3.41. The highest BCUT2D eigenvalue weighted by molar-refractivity contribution is 6.26. The number of amides is 7. The van der Waals surface area contributed by atoms with Crippen LogP contribution >= 0.6 is 0 Å². The molecule has 248 valence electrons. The molecule has 2 aromatic rings. The van der Waals surface area contributed by atoms with Gasteiger partial charge in [0, 0.05) is 23.8 Å². The first kappa shape index (κ1) is 34.5. The molecule has 0 spiro atoms. The number of imide groups is 3. The van der Waals surface area contributed by atoms with Crippen LogP contribution in [0.5, 0.6) is 5.75 Å². The van der Waals surface area contributed by atoms with E-state index in [-0.39, 0.29) is 66.5 Å². The quantitative estimate of drug-likeness (QED) is 0.398. The zero-order valence-electron chi connectivity index (χ0n) is 26.0. The maximum atomic E-state index is 12.8. The van der Waals surface area contributed by atoms with Gasteiger partial charge in [-0.25, -0.2) is 0 Å². The van der Waals surface area contributed by atoms with Gasteiger partial charge in [-0.2, -0.15) is 0 Å². The number of nitrogens with zero attached hydrogens (tertiary/aromatic N) is 2. The van der Waals surface area contributed by atoms with Gasteiger partial charge in [-0.3, -0.25) is 48.7 Å². The molecular weight excluding hydrogens is 606 g/mol. The van der Waals surface area contributed by atoms with E-state index in [1.54, 1.807) is 36.4 Å². The average Bonchev–Trinajstić information content (AvgIpc) is 3.38. The molecule has 2 unspecified atom stereocenters. The van der Waals surface area contributed by atoms with Crippen LogP contribution in [0, 0.1) is 0 Å². The van der Waals surface area contributed by atoms with E-state index >= 15 is 0 Å². The molecule has 13 nitrogen and oxygen atoms in total. The van der Waals surface area contributed by atoms with Crippen molar-refractivity contribution in [1.82, 2.24) is 20.4 Å². The summed E-state index contributed by atoms with van der Waals surface area (Å²) in [5.74, 6) is -2.91. The van der Waals surface area contributed by atoms with Crippen molar-refractivity contribution in [3.8, 4) is 5.75 Å². The highest BCUT2D eigenvalue weighted by Gasteiger charge is 2.47. The molecule has 47 heavy (non-hydrogen) atoms. The van der Waals surface area contributed by atoms with E-state index in [1.807, 2.05) is 27.7 Å². The summed E-state index contributed by atoms with van der Waals surface area (Å²) in [6.45, 7) is 11.3. The number of ether oxygens (including phenoxy) is 1. The van der Waals surface area contributed by atoms with E-state index in [4.69, 9.17) is 4.74 Å². The second kappa shape index (κ2) is 13.6. The topological polar surface area (TPSA) is 171 Å². The minimum atomic E-state index is -0.938. The summed E-state index contributed by atoms with van der Waals surface area (Å²) in [4.78, 5) is 88.1. The molecule has 4 aliphatic rings. The third-order valence-electron chi connectivity index (χ3n) is 7.82. The number of hydrogen-bond acceptors (Lipinski definition) is 9. The second-order valence-electron chi connectivity index (χ2n) is 11.9. The first-order chi connectivity index (χ1) is 21.8. The summed E-state index contributed by atoms with van der Waals surface area (Å²) < 4.78 is 5.64. The number of piperidine rings is 2. The lowest BCUT2D eigenvalue weighted by atomic mass is 10.0. The Morgan fingerprint density at radius 1 is 0.745 bits per heavy atom. The van der Waals surface area contributed by atoms with Crippen molar-refractivity contribution in [3.63, 3.8) is 0 Å². The third kappa shape index (κ3) is 6.51. The van der Waals surface area contributed by atoms with Gasteiger partial charge in [0.2, 0.25) is 17.7 Å². The Morgan fingerprint density at radius 3 is 1.83 bits per heavy atom. The molecule has 0 radical (unpaired) electrons. The fourth-order valence-corrected chi connectivity index (χ4v) is 5.86. The highest BCUT2D eigenvalue weighted by Crippen LogP contribution is 2.35. The van der Waals surface area contributed by atoms with Gasteiger partial charge in [-0.05, 0) is 71.2 Å². The van der Waals surface area contributed by atoms with Gasteiger partial charge in [-0.15, -0.1) is 0 Å². The van der Waals surface area contributed by atoms with Crippen molar-refractivity contribution in [2.45, 2.75) is 85.0 Å². The lowest BCUT2D eigenvalue weighted by Gasteiger charge is -2.29. The highest BCUT2D eigenvalue weighted by atomic mass is 16.5. The maximum Gasteiger partial charge on any atom is 0.266 e. The maximum absolute atomic E-state index is 12.8. The molecular formula is C34H39N5O8. The van der Waals surface area contributed by atoms with Gasteiger partial charge in [-0.1, -0.05) is 26.1 Å². The molecule has 13 heteroatoms. The molecule has 0 bridgehead atoms. The van der Waals surface area contributed by atoms with Crippen molar-refractivity contribution in [1.29, 1.82) is 0 Å². The second-order valence-corrected chi connectivity index (χ2v) is 11.9. The number of allylic oxidation sites excluding steroid dienone is 1. The minimum Gasteiger partial charge on any atom is -0.490 e. The molecule has 2 atom stereocenters. The third-order valence-corrected chi connectivity index (χ3v) is 7.82. The number of hydrogen-bond donors (Lipinski definition) is 3. The smallest absolute Gasteiger partial charge is 0.266 e. The normalized spacial score (nSPS) is 20.4. The zero-order chi connectivity index (χ0) is 33.4. The number of nitrogens with one attached hydrogen (secondary N) is 3. The Morgan fingerprint density at radius 2 is 1.28 bits per heavy atom. The first-order valence-electron chi connectivity index (χ1n) is 15.1. The Labute approximate surface area is 272 Å². The van der Waals surface area contributed by atoms with Crippen LogP contribution in [0.3, 0.4) is 0 Å². The van der Waals surface area contributed by atoms with E-state index in [2.05, 4.69) is 22.5 Å². The fraction of sp³-hybridized carbons (Fsp3) is 0.382.